The number of hydrogen-bond donors (Lipinski definition) is 1. The third-order valence-corrected chi connectivity index (χ3v) is 5.71. The number of pyridine rings is 1. The molecule has 0 aliphatic carbocycles. The van der Waals surface area contributed by atoms with Crippen LogP contribution in [-0.4, -0.2) is 37.2 Å². The Hall–Kier alpha value is -2.30. The minimum absolute atomic E-state index is 0.173. The van der Waals surface area contributed by atoms with Crippen molar-refractivity contribution < 1.29 is 4.39 Å². The monoisotopic (exact) mass is 368 g/mol. The van der Waals surface area contributed by atoms with Gasteiger partial charge in [0.25, 0.3) is 0 Å². The second-order valence-corrected chi connectivity index (χ2v) is 8.00. The molecule has 0 bridgehead atoms. The zero-order valence-electron chi connectivity index (χ0n) is 16.1. The topological polar surface area (TPSA) is 31.4 Å². The molecule has 1 aromatic carbocycles. The number of benzene rings is 1. The average molecular weight is 369 g/mol. The van der Waals surface area contributed by atoms with E-state index in [0.717, 1.165) is 56.4 Å². The molecule has 5 heteroatoms. The second-order valence-electron chi connectivity index (χ2n) is 8.00. The van der Waals surface area contributed by atoms with Crippen molar-refractivity contribution in [2.75, 3.05) is 41.3 Å². The van der Waals surface area contributed by atoms with E-state index in [1.54, 1.807) is 12.1 Å². The lowest BCUT2D eigenvalue weighted by Gasteiger charge is -2.35. The van der Waals surface area contributed by atoms with E-state index < -0.39 is 0 Å². The van der Waals surface area contributed by atoms with Crippen molar-refractivity contribution in [1.82, 2.24) is 4.98 Å². The first kappa shape index (κ1) is 18.1. The molecule has 0 unspecified atom stereocenters. The smallest absolute Gasteiger partial charge is 0.128 e. The van der Waals surface area contributed by atoms with Crippen molar-refractivity contribution in [1.29, 1.82) is 0 Å². The first-order valence-electron chi connectivity index (χ1n) is 10.2. The van der Waals surface area contributed by atoms with Gasteiger partial charge in [-0.15, -0.1) is 0 Å². The maximum Gasteiger partial charge on any atom is 0.128 e. The summed E-state index contributed by atoms with van der Waals surface area (Å²) >= 11 is 0. The predicted molar refractivity (Wildman–Crippen MR) is 110 cm³/mol. The van der Waals surface area contributed by atoms with Crippen LogP contribution < -0.4 is 15.1 Å². The Kier molecular flexibility index (Phi) is 5.46. The Morgan fingerprint density at radius 2 is 1.78 bits per heavy atom. The molecule has 3 heterocycles. The van der Waals surface area contributed by atoms with Crippen molar-refractivity contribution in [2.45, 2.75) is 38.6 Å². The summed E-state index contributed by atoms with van der Waals surface area (Å²) in [4.78, 5) is 9.28. The van der Waals surface area contributed by atoms with Crippen molar-refractivity contribution in [3.63, 3.8) is 0 Å². The molecule has 0 spiro atoms. The van der Waals surface area contributed by atoms with Crippen LogP contribution in [0.4, 0.5) is 21.6 Å². The second kappa shape index (κ2) is 8.15. The van der Waals surface area contributed by atoms with Crippen LogP contribution in [0.1, 0.15) is 32.6 Å². The van der Waals surface area contributed by atoms with E-state index in [-0.39, 0.29) is 5.82 Å². The Balaban J connectivity index is 1.42. The maximum atomic E-state index is 13.6. The van der Waals surface area contributed by atoms with Gasteiger partial charge in [0.15, 0.2) is 0 Å². The number of piperidine rings is 2. The van der Waals surface area contributed by atoms with Gasteiger partial charge in [0.1, 0.15) is 11.6 Å². The number of halogens is 1. The van der Waals surface area contributed by atoms with E-state index in [4.69, 9.17) is 0 Å². The van der Waals surface area contributed by atoms with Gasteiger partial charge < -0.3 is 15.1 Å². The van der Waals surface area contributed by atoms with Crippen molar-refractivity contribution in [3.8, 4) is 0 Å². The van der Waals surface area contributed by atoms with E-state index in [1.165, 1.54) is 24.6 Å². The van der Waals surface area contributed by atoms with Crippen LogP contribution in [-0.2, 0) is 0 Å². The van der Waals surface area contributed by atoms with Gasteiger partial charge in [0.2, 0.25) is 0 Å². The molecular formula is C22H29FN4. The molecule has 1 aromatic heterocycles. The Bertz CT molecular complexity index is 765. The summed E-state index contributed by atoms with van der Waals surface area (Å²) in [6.45, 7) is 6.43. The SMILES string of the molecule is C[C@H]1CCCN(c2ccnc(N[C@@H]3CCCN(c4cccc(F)c4)C3)c2)C1. The summed E-state index contributed by atoms with van der Waals surface area (Å²) < 4.78 is 13.6. The van der Waals surface area contributed by atoms with Crippen LogP contribution in [0.3, 0.4) is 0 Å². The number of nitrogens with zero attached hydrogens (tertiary/aromatic N) is 3. The van der Waals surface area contributed by atoms with E-state index in [9.17, 15) is 4.39 Å². The number of rotatable bonds is 4. The lowest BCUT2D eigenvalue weighted by Crippen LogP contribution is -2.42. The molecule has 2 aliphatic rings. The van der Waals surface area contributed by atoms with Gasteiger partial charge in [0.05, 0.1) is 0 Å². The highest BCUT2D eigenvalue weighted by Crippen LogP contribution is 2.26. The maximum absolute atomic E-state index is 13.6. The molecule has 2 fully saturated rings. The molecular weight excluding hydrogens is 339 g/mol. The Morgan fingerprint density at radius 3 is 2.59 bits per heavy atom. The van der Waals surface area contributed by atoms with Gasteiger partial charge in [-0.2, -0.15) is 0 Å². The normalized spacial score (nSPS) is 23.3. The van der Waals surface area contributed by atoms with Gasteiger partial charge in [-0.3, -0.25) is 0 Å². The van der Waals surface area contributed by atoms with Gasteiger partial charge in [-0.1, -0.05) is 13.0 Å². The summed E-state index contributed by atoms with van der Waals surface area (Å²) in [6, 6.07) is 11.5. The third kappa shape index (κ3) is 4.52. The lowest BCUT2D eigenvalue weighted by atomic mass is 10.00. The van der Waals surface area contributed by atoms with E-state index in [1.807, 2.05) is 12.3 Å². The van der Waals surface area contributed by atoms with Crippen LogP contribution in [0.15, 0.2) is 42.6 Å². The van der Waals surface area contributed by atoms with Crippen LogP contribution in [0.25, 0.3) is 0 Å². The van der Waals surface area contributed by atoms with Crippen LogP contribution in [0.5, 0.6) is 0 Å². The minimum atomic E-state index is -0.173. The molecule has 4 rings (SSSR count). The summed E-state index contributed by atoms with van der Waals surface area (Å²) in [5, 5.41) is 3.61. The molecule has 2 aliphatic heterocycles. The fraction of sp³-hybridized carbons (Fsp3) is 0.500. The highest BCUT2D eigenvalue weighted by Gasteiger charge is 2.21. The van der Waals surface area contributed by atoms with Crippen molar-refractivity contribution >= 4 is 17.2 Å². The van der Waals surface area contributed by atoms with Crippen LogP contribution in [0.2, 0.25) is 0 Å². The van der Waals surface area contributed by atoms with Crippen LogP contribution >= 0.6 is 0 Å². The molecule has 4 nitrogen and oxygen atoms in total. The van der Waals surface area contributed by atoms with Crippen molar-refractivity contribution in [3.05, 3.63) is 48.4 Å². The molecule has 144 valence electrons. The van der Waals surface area contributed by atoms with E-state index >= 15 is 0 Å². The van der Waals surface area contributed by atoms with Gasteiger partial charge >= 0.3 is 0 Å². The summed E-state index contributed by atoms with van der Waals surface area (Å²) in [6.07, 6.45) is 6.70. The minimum Gasteiger partial charge on any atom is -0.371 e. The fourth-order valence-corrected chi connectivity index (χ4v) is 4.33. The zero-order chi connectivity index (χ0) is 18.6. The van der Waals surface area contributed by atoms with Crippen molar-refractivity contribution in [2.24, 2.45) is 5.92 Å². The first-order valence-corrected chi connectivity index (χ1v) is 10.2. The van der Waals surface area contributed by atoms with Gasteiger partial charge in [-0.25, -0.2) is 9.37 Å². The van der Waals surface area contributed by atoms with E-state index in [0.29, 0.717) is 6.04 Å². The molecule has 0 saturated carbocycles. The number of anilines is 3. The molecule has 2 aromatic rings. The molecule has 2 atom stereocenters. The Morgan fingerprint density at radius 1 is 1.00 bits per heavy atom. The largest absolute Gasteiger partial charge is 0.371 e. The summed E-state index contributed by atoms with van der Waals surface area (Å²) in [7, 11) is 0. The quantitative estimate of drug-likeness (QED) is 0.859. The van der Waals surface area contributed by atoms with Gasteiger partial charge in [0, 0.05) is 55.9 Å². The fourth-order valence-electron chi connectivity index (χ4n) is 4.33. The van der Waals surface area contributed by atoms with E-state index in [2.05, 4.69) is 39.2 Å². The number of hydrogen-bond acceptors (Lipinski definition) is 4. The highest BCUT2D eigenvalue weighted by atomic mass is 19.1. The molecule has 0 radical (unpaired) electrons. The summed E-state index contributed by atoms with van der Waals surface area (Å²) in [5.74, 6) is 1.52. The molecule has 0 amide bonds. The first-order chi connectivity index (χ1) is 13.2. The molecule has 2 saturated heterocycles. The Labute approximate surface area is 161 Å². The zero-order valence-corrected chi connectivity index (χ0v) is 16.1. The van der Waals surface area contributed by atoms with Crippen LogP contribution in [0, 0.1) is 11.7 Å². The molecule has 27 heavy (non-hydrogen) atoms. The molecule has 1 N–H and O–H groups in total. The lowest BCUT2D eigenvalue weighted by molar-refractivity contribution is 0.447. The summed E-state index contributed by atoms with van der Waals surface area (Å²) in [5.41, 5.74) is 2.22. The highest BCUT2D eigenvalue weighted by molar-refractivity contribution is 5.55. The number of nitrogens with one attached hydrogen (secondary N) is 1. The standard InChI is InChI=1S/C22H29FN4/c1-17-5-3-11-26(15-17)21-9-10-24-22(14-21)25-19-7-4-12-27(16-19)20-8-2-6-18(23)13-20/h2,6,8-10,13-14,17,19H,3-5,7,11-12,15-16H2,1H3,(H,24,25)/t17-,19+/m0/s1. The predicted octanol–water partition coefficient (Wildman–Crippen LogP) is 4.54. The average Bonchev–Trinajstić information content (AvgIpc) is 2.68. The number of aromatic nitrogens is 1. The van der Waals surface area contributed by atoms with Gasteiger partial charge in [-0.05, 0) is 55.9 Å². The third-order valence-electron chi connectivity index (χ3n) is 5.71.